The highest BCUT2D eigenvalue weighted by molar-refractivity contribution is 9.12. The first-order valence-electron chi connectivity index (χ1n) is 6.09. The Bertz CT molecular complexity index is 608. The van der Waals surface area contributed by atoms with E-state index in [9.17, 15) is 13.2 Å². The lowest BCUT2D eigenvalue weighted by atomic mass is 10.0. The molecule has 1 N–H and O–H groups in total. The van der Waals surface area contributed by atoms with Crippen LogP contribution in [0, 0.1) is 0 Å². The molecule has 1 unspecified atom stereocenters. The maximum Gasteiger partial charge on any atom is 0.416 e. The first-order chi connectivity index (χ1) is 9.81. The van der Waals surface area contributed by atoms with Crippen molar-refractivity contribution >= 4 is 43.2 Å². The lowest BCUT2D eigenvalue weighted by molar-refractivity contribution is -0.137. The van der Waals surface area contributed by atoms with Crippen LogP contribution in [0.4, 0.5) is 13.2 Å². The summed E-state index contributed by atoms with van der Waals surface area (Å²) in [7, 11) is 1.84. The fraction of sp³-hybridized carbons (Fsp3) is 0.286. The van der Waals surface area contributed by atoms with Gasteiger partial charge in [0.2, 0.25) is 0 Å². The number of halogens is 5. The van der Waals surface area contributed by atoms with Crippen molar-refractivity contribution in [3.63, 3.8) is 0 Å². The molecule has 0 aliphatic rings. The van der Waals surface area contributed by atoms with Gasteiger partial charge in [-0.05, 0) is 74.7 Å². The molecule has 0 amide bonds. The molecule has 0 aliphatic heterocycles. The highest BCUT2D eigenvalue weighted by Crippen LogP contribution is 2.36. The number of alkyl halides is 3. The van der Waals surface area contributed by atoms with Gasteiger partial charge in [-0.1, -0.05) is 12.1 Å². The minimum Gasteiger partial charge on any atom is -0.313 e. The smallest absolute Gasteiger partial charge is 0.313 e. The van der Waals surface area contributed by atoms with E-state index >= 15 is 0 Å². The van der Waals surface area contributed by atoms with Gasteiger partial charge < -0.3 is 5.32 Å². The van der Waals surface area contributed by atoms with Gasteiger partial charge in [0, 0.05) is 6.04 Å². The zero-order valence-corrected chi connectivity index (χ0v) is 15.0. The molecular formula is C14H12Br2F3NS. The summed E-state index contributed by atoms with van der Waals surface area (Å²) in [4.78, 5) is 0. The van der Waals surface area contributed by atoms with E-state index in [-0.39, 0.29) is 6.04 Å². The SMILES string of the molecule is CNC(Cc1ccc(C(F)(F)F)cc1)c1cc(Br)sc1Br. The molecule has 1 nitrogen and oxygen atoms in total. The molecule has 2 rings (SSSR count). The van der Waals surface area contributed by atoms with Crippen molar-refractivity contribution in [3.05, 3.63) is 54.6 Å². The summed E-state index contributed by atoms with van der Waals surface area (Å²) in [6.45, 7) is 0. The van der Waals surface area contributed by atoms with E-state index in [0.717, 1.165) is 30.8 Å². The molecular weight excluding hydrogens is 431 g/mol. The second kappa shape index (κ2) is 6.81. The van der Waals surface area contributed by atoms with Crippen molar-refractivity contribution < 1.29 is 13.2 Å². The predicted octanol–water partition coefficient (Wildman–Crippen LogP) is 5.80. The number of nitrogens with one attached hydrogen (secondary N) is 1. The van der Waals surface area contributed by atoms with Gasteiger partial charge in [-0.2, -0.15) is 13.2 Å². The molecule has 0 radical (unpaired) electrons. The van der Waals surface area contributed by atoms with E-state index in [1.54, 1.807) is 11.3 Å². The molecule has 0 saturated carbocycles. The lowest BCUT2D eigenvalue weighted by Crippen LogP contribution is -2.18. The fourth-order valence-corrected chi connectivity index (χ4v) is 5.00. The van der Waals surface area contributed by atoms with Crippen molar-refractivity contribution in [1.29, 1.82) is 0 Å². The summed E-state index contributed by atoms with van der Waals surface area (Å²) in [6.07, 6.45) is -3.67. The van der Waals surface area contributed by atoms with Crippen LogP contribution >= 0.6 is 43.2 Å². The summed E-state index contributed by atoms with van der Waals surface area (Å²) < 4.78 is 39.7. The number of thiophene rings is 1. The monoisotopic (exact) mass is 441 g/mol. The lowest BCUT2D eigenvalue weighted by Gasteiger charge is -2.16. The van der Waals surface area contributed by atoms with E-state index < -0.39 is 11.7 Å². The van der Waals surface area contributed by atoms with Crippen LogP contribution in [0.1, 0.15) is 22.7 Å². The molecule has 21 heavy (non-hydrogen) atoms. The molecule has 0 spiro atoms. The van der Waals surface area contributed by atoms with Crippen molar-refractivity contribution in [2.75, 3.05) is 7.05 Å². The fourth-order valence-electron chi connectivity index (χ4n) is 2.02. The van der Waals surface area contributed by atoms with Gasteiger partial charge in [0.25, 0.3) is 0 Å². The number of hydrogen-bond acceptors (Lipinski definition) is 2. The van der Waals surface area contributed by atoms with Crippen LogP contribution in [0.15, 0.2) is 37.9 Å². The molecule has 0 bridgehead atoms. The Labute approximate surface area is 141 Å². The summed E-state index contributed by atoms with van der Waals surface area (Å²) in [6, 6.07) is 7.37. The topological polar surface area (TPSA) is 12.0 Å². The van der Waals surface area contributed by atoms with Gasteiger partial charge in [0.05, 0.1) is 13.1 Å². The standard InChI is InChI=1S/C14H12Br2F3NS/c1-20-11(10-7-12(15)21-13(10)16)6-8-2-4-9(5-3-8)14(17,18)19/h2-5,7,11,20H,6H2,1H3. The number of hydrogen-bond donors (Lipinski definition) is 1. The maximum absolute atomic E-state index is 12.5. The number of likely N-dealkylation sites (N-methyl/N-ethyl adjacent to an activating group) is 1. The van der Waals surface area contributed by atoms with E-state index in [1.807, 2.05) is 13.1 Å². The van der Waals surface area contributed by atoms with Gasteiger partial charge >= 0.3 is 6.18 Å². The van der Waals surface area contributed by atoms with Gasteiger partial charge in [-0.15, -0.1) is 11.3 Å². The van der Waals surface area contributed by atoms with Gasteiger partial charge in [0.1, 0.15) is 0 Å². The molecule has 1 heterocycles. The average molecular weight is 443 g/mol. The van der Waals surface area contributed by atoms with E-state index in [1.165, 1.54) is 12.1 Å². The normalized spacial score (nSPS) is 13.4. The highest BCUT2D eigenvalue weighted by atomic mass is 79.9. The zero-order valence-electron chi connectivity index (χ0n) is 11.0. The van der Waals surface area contributed by atoms with Gasteiger partial charge in [-0.25, -0.2) is 0 Å². The molecule has 0 fully saturated rings. The van der Waals surface area contributed by atoms with Crippen molar-refractivity contribution in [2.45, 2.75) is 18.6 Å². The Hall–Kier alpha value is -0.370. The third kappa shape index (κ3) is 4.31. The van der Waals surface area contributed by atoms with Gasteiger partial charge in [-0.3, -0.25) is 0 Å². The molecule has 0 saturated heterocycles. The molecule has 0 aliphatic carbocycles. The first-order valence-corrected chi connectivity index (χ1v) is 8.49. The maximum atomic E-state index is 12.5. The van der Waals surface area contributed by atoms with Crippen LogP contribution in [-0.4, -0.2) is 7.05 Å². The summed E-state index contributed by atoms with van der Waals surface area (Å²) in [5, 5.41) is 3.20. The predicted molar refractivity (Wildman–Crippen MR) is 86.7 cm³/mol. The first kappa shape index (κ1) is 17.0. The molecule has 2 aromatic rings. The van der Waals surface area contributed by atoms with Crippen molar-refractivity contribution in [2.24, 2.45) is 0 Å². The molecule has 1 aromatic carbocycles. The quantitative estimate of drug-likeness (QED) is 0.631. The van der Waals surface area contributed by atoms with Crippen LogP contribution in [0.5, 0.6) is 0 Å². The van der Waals surface area contributed by atoms with Crippen LogP contribution < -0.4 is 5.32 Å². The molecule has 114 valence electrons. The Morgan fingerprint density at radius 2 is 1.81 bits per heavy atom. The number of benzene rings is 1. The summed E-state index contributed by atoms with van der Waals surface area (Å²) >= 11 is 8.52. The summed E-state index contributed by atoms with van der Waals surface area (Å²) in [5.74, 6) is 0. The third-order valence-corrected chi connectivity index (χ3v) is 5.51. The zero-order chi connectivity index (χ0) is 15.6. The second-order valence-electron chi connectivity index (χ2n) is 4.52. The van der Waals surface area contributed by atoms with Crippen LogP contribution in [0.2, 0.25) is 0 Å². The highest BCUT2D eigenvalue weighted by Gasteiger charge is 2.30. The van der Waals surface area contributed by atoms with E-state index in [0.29, 0.717) is 6.42 Å². The van der Waals surface area contributed by atoms with Crippen molar-refractivity contribution in [1.82, 2.24) is 5.32 Å². The van der Waals surface area contributed by atoms with E-state index in [2.05, 4.69) is 37.2 Å². The van der Waals surface area contributed by atoms with Crippen molar-refractivity contribution in [3.8, 4) is 0 Å². The molecule has 1 atom stereocenters. The minimum atomic E-state index is -4.29. The largest absolute Gasteiger partial charge is 0.416 e. The molecule has 7 heteroatoms. The second-order valence-corrected chi connectivity index (χ2v) is 8.27. The minimum absolute atomic E-state index is 0.0404. The Kier molecular flexibility index (Phi) is 5.51. The third-order valence-electron chi connectivity index (χ3n) is 3.13. The Morgan fingerprint density at radius 3 is 2.24 bits per heavy atom. The van der Waals surface area contributed by atoms with Crippen LogP contribution in [-0.2, 0) is 12.6 Å². The summed E-state index contributed by atoms with van der Waals surface area (Å²) in [5.41, 5.74) is 1.33. The Balaban J connectivity index is 2.17. The molecule has 1 aromatic heterocycles. The Morgan fingerprint density at radius 1 is 1.19 bits per heavy atom. The van der Waals surface area contributed by atoms with Crippen LogP contribution in [0.25, 0.3) is 0 Å². The van der Waals surface area contributed by atoms with Crippen LogP contribution in [0.3, 0.4) is 0 Å². The van der Waals surface area contributed by atoms with E-state index in [4.69, 9.17) is 0 Å². The average Bonchev–Trinajstić information content (AvgIpc) is 2.74. The van der Waals surface area contributed by atoms with Gasteiger partial charge in [0.15, 0.2) is 0 Å². The number of rotatable bonds is 4.